The summed E-state index contributed by atoms with van der Waals surface area (Å²) < 4.78 is 7.69. The predicted octanol–water partition coefficient (Wildman–Crippen LogP) is 1.94. The van der Waals surface area contributed by atoms with Crippen LogP contribution in [0.5, 0.6) is 5.75 Å². The number of ether oxygens (including phenoxy) is 1. The highest BCUT2D eigenvalue weighted by atomic mass is 16.5. The fourth-order valence-electron chi connectivity index (χ4n) is 3.06. The predicted molar refractivity (Wildman–Crippen MR) is 85.8 cm³/mol. The van der Waals surface area contributed by atoms with Gasteiger partial charge in [-0.25, -0.2) is 4.98 Å². The Kier molecular flexibility index (Phi) is 5.22. The Morgan fingerprint density at radius 1 is 1.35 bits per heavy atom. The molecule has 1 saturated heterocycles. The van der Waals surface area contributed by atoms with Crippen LogP contribution in [0.1, 0.15) is 18.4 Å². The molecule has 1 fully saturated rings. The zero-order valence-corrected chi connectivity index (χ0v) is 13.1. The summed E-state index contributed by atoms with van der Waals surface area (Å²) in [5.74, 6) is 1.28. The molecule has 0 spiro atoms. The molecular weight excluding hydrogens is 290 g/mol. The SMILES string of the molecule is N#Cc1ccccc1OCCN1CCC[C@@H](Cn2cncn2)C1. The molecule has 120 valence electrons. The number of benzene rings is 1. The molecule has 23 heavy (non-hydrogen) atoms. The van der Waals surface area contributed by atoms with Crippen LogP contribution < -0.4 is 4.74 Å². The van der Waals surface area contributed by atoms with Gasteiger partial charge in [0.1, 0.15) is 31.1 Å². The van der Waals surface area contributed by atoms with Crippen LogP contribution in [0.2, 0.25) is 0 Å². The Balaban J connectivity index is 1.46. The van der Waals surface area contributed by atoms with E-state index in [9.17, 15) is 0 Å². The Morgan fingerprint density at radius 3 is 3.09 bits per heavy atom. The van der Waals surface area contributed by atoms with Gasteiger partial charge in [0.15, 0.2) is 0 Å². The van der Waals surface area contributed by atoms with E-state index in [-0.39, 0.29) is 0 Å². The van der Waals surface area contributed by atoms with Crippen LogP contribution in [0.15, 0.2) is 36.9 Å². The maximum Gasteiger partial charge on any atom is 0.137 e. The number of para-hydroxylation sites is 1. The van der Waals surface area contributed by atoms with Crippen LogP contribution in [0.3, 0.4) is 0 Å². The summed E-state index contributed by atoms with van der Waals surface area (Å²) in [5.41, 5.74) is 0.593. The van der Waals surface area contributed by atoms with Gasteiger partial charge in [0, 0.05) is 19.6 Å². The molecule has 6 heteroatoms. The number of rotatable bonds is 6. The van der Waals surface area contributed by atoms with Crippen molar-refractivity contribution in [3.8, 4) is 11.8 Å². The van der Waals surface area contributed by atoms with Gasteiger partial charge < -0.3 is 4.74 Å². The molecular formula is C17H21N5O. The third kappa shape index (κ3) is 4.30. The summed E-state index contributed by atoms with van der Waals surface area (Å²) >= 11 is 0. The van der Waals surface area contributed by atoms with Crippen LogP contribution >= 0.6 is 0 Å². The van der Waals surface area contributed by atoms with Crippen molar-refractivity contribution in [3.05, 3.63) is 42.5 Å². The zero-order chi connectivity index (χ0) is 15.9. The van der Waals surface area contributed by atoms with Crippen molar-refractivity contribution < 1.29 is 4.74 Å². The molecule has 2 heterocycles. The molecule has 1 atom stereocenters. The van der Waals surface area contributed by atoms with Crippen LogP contribution in [0.4, 0.5) is 0 Å². The lowest BCUT2D eigenvalue weighted by Gasteiger charge is -2.32. The van der Waals surface area contributed by atoms with Crippen LogP contribution in [0, 0.1) is 17.2 Å². The number of nitriles is 1. The number of hydrogen-bond donors (Lipinski definition) is 0. The van der Waals surface area contributed by atoms with Crippen molar-refractivity contribution in [2.75, 3.05) is 26.2 Å². The molecule has 1 aliphatic heterocycles. The molecule has 1 aromatic heterocycles. The molecule has 0 saturated carbocycles. The third-order valence-corrected chi connectivity index (χ3v) is 4.19. The Morgan fingerprint density at radius 2 is 2.26 bits per heavy atom. The van der Waals surface area contributed by atoms with E-state index in [2.05, 4.69) is 21.1 Å². The molecule has 1 aromatic carbocycles. The van der Waals surface area contributed by atoms with Gasteiger partial charge in [0.05, 0.1) is 5.56 Å². The lowest BCUT2D eigenvalue weighted by atomic mass is 9.98. The first-order valence-corrected chi connectivity index (χ1v) is 8.02. The van der Waals surface area contributed by atoms with Gasteiger partial charge in [-0.3, -0.25) is 9.58 Å². The normalized spacial score (nSPS) is 18.5. The summed E-state index contributed by atoms with van der Waals surface area (Å²) in [6, 6.07) is 9.54. The van der Waals surface area contributed by atoms with E-state index in [1.165, 1.54) is 12.8 Å². The van der Waals surface area contributed by atoms with Crippen LogP contribution in [0.25, 0.3) is 0 Å². The van der Waals surface area contributed by atoms with Crippen molar-refractivity contribution in [2.24, 2.45) is 5.92 Å². The van der Waals surface area contributed by atoms with E-state index in [4.69, 9.17) is 10.00 Å². The highest BCUT2D eigenvalue weighted by Crippen LogP contribution is 2.19. The molecule has 2 aromatic rings. The minimum atomic E-state index is 0.593. The van der Waals surface area contributed by atoms with Crippen molar-refractivity contribution >= 4 is 0 Å². The van der Waals surface area contributed by atoms with E-state index in [1.54, 1.807) is 18.7 Å². The van der Waals surface area contributed by atoms with E-state index in [1.807, 2.05) is 22.9 Å². The van der Waals surface area contributed by atoms with Crippen molar-refractivity contribution in [1.29, 1.82) is 5.26 Å². The molecule has 0 N–H and O–H groups in total. The number of hydrogen-bond acceptors (Lipinski definition) is 5. The fourth-order valence-corrected chi connectivity index (χ4v) is 3.06. The van der Waals surface area contributed by atoms with Crippen molar-refractivity contribution in [3.63, 3.8) is 0 Å². The molecule has 1 aliphatic rings. The summed E-state index contributed by atoms with van der Waals surface area (Å²) in [5, 5.41) is 13.3. The second-order valence-corrected chi connectivity index (χ2v) is 5.88. The van der Waals surface area contributed by atoms with E-state index in [0.29, 0.717) is 23.8 Å². The minimum Gasteiger partial charge on any atom is -0.491 e. The van der Waals surface area contributed by atoms with E-state index in [0.717, 1.165) is 26.2 Å². The van der Waals surface area contributed by atoms with Gasteiger partial charge in [-0.1, -0.05) is 12.1 Å². The maximum atomic E-state index is 9.07. The number of piperidine rings is 1. The van der Waals surface area contributed by atoms with E-state index >= 15 is 0 Å². The van der Waals surface area contributed by atoms with Gasteiger partial charge >= 0.3 is 0 Å². The fraction of sp³-hybridized carbons (Fsp3) is 0.471. The summed E-state index contributed by atoms with van der Waals surface area (Å²) in [7, 11) is 0. The quantitative estimate of drug-likeness (QED) is 0.815. The number of aromatic nitrogens is 3. The monoisotopic (exact) mass is 311 g/mol. The third-order valence-electron chi connectivity index (χ3n) is 4.19. The second-order valence-electron chi connectivity index (χ2n) is 5.88. The molecule has 0 aliphatic carbocycles. The smallest absolute Gasteiger partial charge is 0.137 e. The maximum absolute atomic E-state index is 9.07. The van der Waals surface area contributed by atoms with Crippen LogP contribution in [-0.4, -0.2) is 45.9 Å². The highest BCUT2D eigenvalue weighted by Gasteiger charge is 2.20. The average molecular weight is 311 g/mol. The lowest BCUT2D eigenvalue weighted by Crippen LogP contribution is -2.39. The Hall–Kier alpha value is -2.39. The van der Waals surface area contributed by atoms with Gasteiger partial charge in [-0.2, -0.15) is 10.4 Å². The summed E-state index contributed by atoms with van der Waals surface area (Å²) in [6.07, 6.45) is 5.80. The minimum absolute atomic E-state index is 0.593. The first kappa shape index (κ1) is 15.5. The molecule has 0 radical (unpaired) electrons. The number of likely N-dealkylation sites (tertiary alicyclic amines) is 1. The zero-order valence-electron chi connectivity index (χ0n) is 13.1. The first-order valence-electron chi connectivity index (χ1n) is 8.02. The second kappa shape index (κ2) is 7.75. The van der Waals surface area contributed by atoms with Gasteiger partial charge in [0.25, 0.3) is 0 Å². The lowest BCUT2D eigenvalue weighted by molar-refractivity contribution is 0.136. The summed E-state index contributed by atoms with van der Waals surface area (Å²) in [4.78, 5) is 6.43. The van der Waals surface area contributed by atoms with Gasteiger partial charge in [-0.05, 0) is 37.4 Å². The largest absolute Gasteiger partial charge is 0.491 e. The molecule has 0 amide bonds. The molecule has 3 rings (SSSR count). The standard InChI is InChI=1S/C17H21N5O/c18-10-16-5-1-2-6-17(16)23-9-8-21-7-3-4-15(11-21)12-22-14-19-13-20-22/h1-2,5-6,13-15H,3-4,7-9,11-12H2/t15-/m1/s1. The molecule has 0 unspecified atom stereocenters. The Bertz CT molecular complexity index is 649. The van der Waals surface area contributed by atoms with Crippen molar-refractivity contribution in [2.45, 2.75) is 19.4 Å². The average Bonchev–Trinajstić information content (AvgIpc) is 3.09. The molecule has 6 nitrogen and oxygen atoms in total. The van der Waals surface area contributed by atoms with Gasteiger partial charge in [0.2, 0.25) is 0 Å². The van der Waals surface area contributed by atoms with Crippen molar-refractivity contribution in [1.82, 2.24) is 19.7 Å². The molecule has 0 bridgehead atoms. The topological polar surface area (TPSA) is 67.0 Å². The number of nitrogens with zero attached hydrogens (tertiary/aromatic N) is 5. The van der Waals surface area contributed by atoms with Gasteiger partial charge in [-0.15, -0.1) is 0 Å². The van der Waals surface area contributed by atoms with E-state index < -0.39 is 0 Å². The first-order chi connectivity index (χ1) is 11.3. The summed E-state index contributed by atoms with van der Waals surface area (Å²) in [6.45, 7) is 4.58. The highest BCUT2D eigenvalue weighted by molar-refractivity contribution is 5.42. The Labute approximate surface area is 136 Å². The van der Waals surface area contributed by atoms with Crippen LogP contribution in [-0.2, 0) is 6.54 Å².